The largest absolute Gasteiger partial charge is 0.417 e. The first kappa shape index (κ1) is 16.7. The van der Waals surface area contributed by atoms with Gasteiger partial charge in [0.1, 0.15) is 5.82 Å². The van der Waals surface area contributed by atoms with Crippen LogP contribution in [0.15, 0.2) is 42.9 Å². The fourth-order valence-electron chi connectivity index (χ4n) is 2.86. The number of nitrogens with zero attached hydrogens (tertiary/aromatic N) is 3. The van der Waals surface area contributed by atoms with Crippen molar-refractivity contribution in [2.45, 2.75) is 31.6 Å². The Morgan fingerprint density at radius 2 is 2.08 bits per heavy atom. The molecule has 1 fully saturated rings. The van der Waals surface area contributed by atoms with Crippen molar-refractivity contribution in [3.05, 3.63) is 54.0 Å². The van der Waals surface area contributed by atoms with Gasteiger partial charge in [-0.1, -0.05) is 6.07 Å². The number of rotatable bonds is 4. The smallest absolute Gasteiger partial charge is 0.355 e. The highest BCUT2D eigenvalue weighted by atomic mass is 19.4. The van der Waals surface area contributed by atoms with E-state index in [4.69, 9.17) is 0 Å². The molecule has 0 saturated carbocycles. The van der Waals surface area contributed by atoms with Gasteiger partial charge in [0.05, 0.1) is 5.56 Å². The zero-order chi connectivity index (χ0) is 17.0. The SMILES string of the molecule is FC(F)(F)c1ccc(N2CCCC(NCc3cccnc3)C2)nc1. The van der Waals surface area contributed by atoms with Gasteiger partial charge in [0.25, 0.3) is 0 Å². The normalized spacial score (nSPS) is 18.6. The van der Waals surface area contributed by atoms with Crippen LogP contribution in [-0.4, -0.2) is 29.1 Å². The van der Waals surface area contributed by atoms with Crippen LogP contribution in [0.3, 0.4) is 0 Å². The zero-order valence-corrected chi connectivity index (χ0v) is 13.1. The maximum atomic E-state index is 12.6. The number of hydrogen-bond donors (Lipinski definition) is 1. The second-order valence-electron chi connectivity index (χ2n) is 5.93. The second-order valence-corrected chi connectivity index (χ2v) is 5.93. The van der Waals surface area contributed by atoms with Crippen molar-refractivity contribution >= 4 is 5.82 Å². The quantitative estimate of drug-likeness (QED) is 0.930. The molecular weight excluding hydrogens is 317 g/mol. The van der Waals surface area contributed by atoms with E-state index in [1.807, 2.05) is 23.2 Å². The summed E-state index contributed by atoms with van der Waals surface area (Å²) in [6.07, 6.45) is 2.14. The van der Waals surface area contributed by atoms with Gasteiger partial charge in [0, 0.05) is 44.3 Å². The first-order valence-electron chi connectivity index (χ1n) is 7.93. The molecule has 2 aromatic heterocycles. The minimum atomic E-state index is -4.35. The first-order chi connectivity index (χ1) is 11.5. The molecule has 1 atom stereocenters. The molecule has 0 spiro atoms. The van der Waals surface area contributed by atoms with Crippen LogP contribution in [0, 0.1) is 0 Å². The molecule has 2 aromatic rings. The lowest BCUT2D eigenvalue weighted by atomic mass is 10.1. The summed E-state index contributed by atoms with van der Waals surface area (Å²) in [5, 5.41) is 3.48. The Morgan fingerprint density at radius 3 is 2.75 bits per heavy atom. The molecule has 3 rings (SSSR count). The molecular formula is C17H19F3N4. The van der Waals surface area contributed by atoms with Crippen molar-refractivity contribution < 1.29 is 13.2 Å². The van der Waals surface area contributed by atoms with E-state index in [0.29, 0.717) is 5.82 Å². The van der Waals surface area contributed by atoms with Crippen molar-refractivity contribution in [3.8, 4) is 0 Å². The van der Waals surface area contributed by atoms with Crippen LogP contribution in [-0.2, 0) is 12.7 Å². The van der Waals surface area contributed by atoms with E-state index in [-0.39, 0.29) is 6.04 Å². The fraction of sp³-hybridized carbons (Fsp3) is 0.412. The van der Waals surface area contributed by atoms with Gasteiger partial charge in [0.15, 0.2) is 0 Å². The third-order valence-corrected chi connectivity index (χ3v) is 4.14. The molecule has 1 N–H and O–H groups in total. The molecule has 0 aliphatic carbocycles. The molecule has 0 aromatic carbocycles. The Balaban J connectivity index is 1.59. The maximum absolute atomic E-state index is 12.6. The number of pyridine rings is 2. The Hall–Kier alpha value is -2.15. The summed E-state index contributed by atoms with van der Waals surface area (Å²) in [6.45, 7) is 2.27. The highest BCUT2D eigenvalue weighted by Gasteiger charge is 2.31. The van der Waals surface area contributed by atoms with Crippen LogP contribution < -0.4 is 10.2 Å². The van der Waals surface area contributed by atoms with Gasteiger partial charge in [-0.15, -0.1) is 0 Å². The summed E-state index contributed by atoms with van der Waals surface area (Å²) < 4.78 is 37.9. The minimum absolute atomic E-state index is 0.281. The molecule has 0 amide bonds. The number of nitrogens with one attached hydrogen (secondary N) is 1. The van der Waals surface area contributed by atoms with E-state index in [9.17, 15) is 13.2 Å². The van der Waals surface area contributed by atoms with Crippen LogP contribution in [0.25, 0.3) is 0 Å². The third kappa shape index (κ3) is 4.23. The van der Waals surface area contributed by atoms with Crippen LogP contribution >= 0.6 is 0 Å². The van der Waals surface area contributed by atoms with Crippen LogP contribution in [0.2, 0.25) is 0 Å². The van der Waals surface area contributed by atoms with Gasteiger partial charge in [0.2, 0.25) is 0 Å². The molecule has 1 unspecified atom stereocenters. The Kier molecular flexibility index (Phi) is 4.99. The Labute approximate surface area is 138 Å². The van der Waals surface area contributed by atoms with Crippen LogP contribution in [0.5, 0.6) is 0 Å². The van der Waals surface area contributed by atoms with E-state index in [0.717, 1.165) is 50.3 Å². The lowest BCUT2D eigenvalue weighted by Crippen LogP contribution is -2.45. The molecule has 128 valence electrons. The number of aromatic nitrogens is 2. The topological polar surface area (TPSA) is 41.0 Å². The van der Waals surface area contributed by atoms with E-state index < -0.39 is 11.7 Å². The zero-order valence-electron chi connectivity index (χ0n) is 13.1. The summed E-state index contributed by atoms with van der Waals surface area (Å²) in [5.41, 5.74) is 0.400. The Morgan fingerprint density at radius 1 is 1.21 bits per heavy atom. The summed E-state index contributed by atoms with van der Waals surface area (Å²) in [6, 6.07) is 6.73. The summed E-state index contributed by atoms with van der Waals surface area (Å²) >= 11 is 0. The second kappa shape index (κ2) is 7.17. The number of hydrogen-bond acceptors (Lipinski definition) is 4. The van der Waals surface area contributed by atoms with E-state index >= 15 is 0 Å². The number of anilines is 1. The predicted octanol–water partition coefficient (Wildman–Crippen LogP) is 3.25. The highest BCUT2D eigenvalue weighted by molar-refractivity contribution is 5.40. The van der Waals surface area contributed by atoms with Crippen molar-refractivity contribution in [1.29, 1.82) is 0 Å². The number of halogens is 3. The van der Waals surface area contributed by atoms with Gasteiger partial charge < -0.3 is 10.2 Å². The fourth-order valence-corrected chi connectivity index (χ4v) is 2.86. The van der Waals surface area contributed by atoms with Gasteiger partial charge in [-0.2, -0.15) is 13.2 Å². The van der Waals surface area contributed by atoms with Crippen molar-refractivity contribution in [3.63, 3.8) is 0 Å². The molecule has 1 saturated heterocycles. The molecule has 24 heavy (non-hydrogen) atoms. The van der Waals surface area contributed by atoms with Crippen molar-refractivity contribution in [1.82, 2.24) is 15.3 Å². The maximum Gasteiger partial charge on any atom is 0.417 e. The third-order valence-electron chi connectivity index (χ3n) is 4.14. The average Bonchev–Trinajstić information content (AvgIpc) is 2.60. The lowest BCUT2D eigenvalue weighted by molar-refractivity contribution is -0.137. The molecule has 1 aliphatic heterocycles. The van der Waals surface area contributed by atoms with Crippen molar-refractivity contribution in [2.75, 3.05) is 18.0 Å². The molecule has 7 heteroatoms. The number of piperidine rings is 1. The van der Waals surface area contributed by atoms with Crippen molar-refractivity contribution in [2.24, 2.45) is 0 Å². The van der Waals surface area contributed by atoms with E-state index in [2.05, 4.69) is 15.3 Å². The summed E-state index contributed by atoms with van der Waals surface area (Å²) in [7, 11) is 0. The van der Waals surface area contributed by atoms with Gasteiger partial charge in [-0.25, -0.2) is 4.98 Å². The predicted molar refractivity (Wildman–Crippen MR) is 85.6 cm³/mol. The molecule has 0 radical (unpaired) electrons. The summed E-state index contributed by atoms with van der Waals surface area (Å²) in [5.74, 6) is 0.593. The first-order valence-corrected chi connectivity index (χ1v) is 7.93. The summed E-state index contributed by atoms with van der Waals surface area (Å²) in [4.78, 5) is 10.1. The van der Waals surface area contributed by atoms with Crippen LogP contribution in [0.4, 0.5) is 19.0 Å². The molecule has 1 aliphatic rings. The Bertz CT molecular complexity index is 643. The van der Waals surface area contributed by atoms with Gasteiger partial charge in [-0.3, -0.25) is 4.98 Å². The average molecular weight is 336 g/mol. The standard InChI is InChI=1S/C17H19F3N4/c18-17(19,20)14-5-6-16(23-11-14)24-8-2-4-15(12-24)22-10-13-3-1-7-21-9-13/h1,3,5-7,9,11,15,22H,2,4,8,10,12H2. The number of alkyl halides is 3. The minimum Gasteiger partial charge on any atom is -0.355 e. The van der Waals surface area contributed by atoms with E-state index in [1.165, 1.54) is 6.07 Å². The van der Waals surface area contributed by atoms with Gasteiger partial charge in [-0.05, 0) is 36.6 Å². The molecule has 3 heterocycles. The van der Waals surface area contributed by atoms with Crippen LogP contribution in [0.1, 0.15) is 24.0 Å². The highest BCUT2D eigenvalue weighted by Crippen LogP contribution is 2.29. The lowest BCUT2D eigenvalue weighted by Gasteiger charge is -2.34. The van der Waals surface area contributed by atoms with Gasteiger partial charge >= 0.3 is 6.18 Å². The molecule has 0 bridgehead atoms. The monoisotopic (exact) mass is 336 g/mol. The molecule has 4 nitrogen and oxygen atoms in total. The van der Waals surface area contributed by atoms with E-state index in [1.54, 1.807) is 6.20 Å².